The zero-order valence-electron chi connectivity index (χ0n) is 20.4. The Balaban J connectivity index is 0.00000361. The van der Waals surface area contributed by atoms with Gasteiger partial charge in [-0.15, -0.1) is 11.8 Å². The Kier molecular flexibility index (Phi) is 10.1. The van der Waals surface area contributed by atoms with Gasteiger partial charge in [-0.05, 0) is 74.2 Å². The van der Waals surface area contributed by atoms with Crippen LogP contribution >= 0.6 is 11.8 Å². The van der Waals surface area contributed by atoms with Gasteiger partial charge in [0.25, 0.3) is 0 Å². The molecule has 0 saturated carbocycles. The topological polar surface area (TPSA) is 65.5 Å². The predicted molar refractivity (Wildman–Crippen MR) is 127 cm³/mol. The Morgan fingerprint density at radius 1 is 1.19 bits per heavy atom. The third-order valence-corrected chi connectivity index (χ3v) is 7.65. The molecule has 0 spiro atoms. The first-order chi connectivity index (χ1) is 16.8. The molecule has 5 nitrogen and oxygen atoms in total. The largest absolute Gasteiger partial charge is 1.00 e. The van der Waals surface area contributed by atoms with Gasteiger partial charge < -0.3 is 19.5 Å². The van der Waals surface area contributed by atoms with Crippen molar-refractivity contribution in [3.63, 3.8) is 0 Å². The van der Waals surface area contributed by atoms with Gasteiger partial charge in [0.05, 0.1) is 18.8 Å². The molecule has 1 aliphatic rings. The minimum Gasteiger partial charge on any atom is -0.550 e. The number of aryl methyl sites for hydroxylation is 1. The summed E-state index contributed by atoms with van der Waals surface area (Å²) in [6.07, 6.45) is 2.81. The van der Waals surface area contributed by atoms with E-state index in [1.807, 2.05) is 4.90 Å². The van der Waals surface area contributed by atoms with Gasteiger partial charge in [0.1, 0.15) is 23.2 Å². The van der Waals surface area contributed by atoms with E-state index in [9.17, 15) is 23.1 Å². The molecular formula is C26H26F3N2NaO3S. The minimum atomic E-state index is -1.11. The Labute approximate surface area is 234 Å². The molecule has 0 radical (unpaired) electrons. The number of hydrogen-bond acceptors (Lipinski definition) is 6. The summed E-state index contributed by atoms with van der Waals surface area (Å²) in [6, 6.07) is 8.60. The number of aromatic nitrogens is 1. The van der Waals surface area contributed by atoms with E-state index in [1.54, 1.807) is 18.2 Å². The Bertz CT molecular complexity index is 1230. The molecular weight excluding hydrogens is 500 g/mol. The summed E-state index contributed by atoms with van der Waals surface area (Å²) in [5.41, 5.74) is 0.119. The maximum Gasteiger partial charge on any atom is 1.00 e. The number of hydrogen-bond donors (Lipinski definition) is 0. The van der Waals surface area contributed by atoms with Gasteiger partial charge in [0.15, 0.2) is 0 Å². The van der Waals surface area contributed by atoms with Crippen LogP contribution in [0.15, 0.2) is 47.5 Å². The molecule has 1 aromatic heterocycles. The van der Waals surface area contributed by atoms with Crippen LogP contribution < -0.4 is 39.4 Å². The van der Waals surface area contributed by atoms with Crippen molar-refractivity contribution in [3.8, 4) is 5.75 Å². The summed E-state index contributed by atoms with van der Waals surface area (Å²) in [7, 11) is 1.54. The van der Waals surface area contributed by atoms with Crippen molar-refractivity contribution in [2.45, 2.75) is 30.6 Å². The molecule has 4 rings (SSSR count). The fourth-order valence-electron chi connectivity index (χ4n) is 4.68. The average molecular weight is 527 g/mol. The van der Waals surface area contributed by atoms with E-state index in [1.165, 1.54) is 25.1 Å². The van der Waals surface area contributed by atoms with Crippen molar-refractivity contribution in [1.29, 1.82) is 0 Å². The van der Waals surface area contributed by atoms with E-state index in [2.05, 4.69) is 4.98 Å². The first kappa shape index (κ1) is 28.8. The number of halogens is 3. The first-order valence-electron chi connectivity index (χ1n) is 11.4. The molecule has 1 unspecified atom stereocenters. The van der Waals surface area contributed by atoms with Crippen molar-refractivity contribution in [2.24, 2.45) is 5.41 Å². The molecule has 1 fully saturated rings. The van der Waals surface area contributed by atoms with Gasteiger partial charge in [-0.25, -0.2) is 13.2 Å². The van der Waals surface area contributed by atoms with Gasteiger partial charge in [-0.1, -0.05) is 0 Å². The number of ether oxygens (including phenoxy) is 1. The van der Waals surface area contributed by atoms with E-state index in [-0.39, 0.29) is 34.5 Å². The number of carbonyl (C=O) groups excluding carboxylic acids is 1. The number of aliphatic carboxylic acids is 1. The van der Waals surface area contributed by atoms with E-state index in [0.29, 0.717) is 73.3 Å². The van der Waals surface area contributed by atoms with Gasteiger partial charge in [-0.2, -0.15) is 0 Å². The smallest absolute Gasteiger partial charge is 0.550 e. The normalized spacial score (nSPS) is 17.8. The summed E-state index contributed by atoms with van der Waals surface area (Å²) in [6.45, 7) is 1.43. The second-order valence-corrected chi connectivity index (χ2v) is 9.98. The Morgan fingerprint density at radius 3 is 2.75 bits per heavy atom. The molecule has 1 saturated heterocycles. The van der Waals surface area contributed by atoms with Crippen LogP contribution in [-0.2, 0) is 11.2 Å². The van der Waals surface area contributed by atoms with Gasteiger partial charge >= 0.3 is 29.6 Å². The molecule has 10 heteroatoms. The zero-order chi connectivity index (χ0) is 25.0. The first-order valence-corrected chi connectivity index (χ1v) is 12.4. The molecule has 0 bridgehead atoms. The van der Waals surface area contributed by atoms with Crippen LogP contribution in [0.4, 0.5) is 13.2 Å². The van der Waals surface area contributed by atoms with Crippen LogP contribution in [-0.4, -0.2) is 48.4 Å². The van der Waals surface area contributed by atoms with Gasteiger partial charge in [0, 0.05) is 40.5 Å². The van der Waals surface area contributed by atoms with Crippen molar-refractivity contribution in [1.82, 2.24) is 9.88 Å². The average Bonchev–Trinajstić information content (AvgIpc) is 3.27. The number of thioether (sulfide) groups is 1. The van der Waals surface area contributed by atoms with Crippen LogP contribution in [0.2, 0.25) is 0 Å². The van der Waals surface area contributed by atoms with Crippen molar-refractivity contribution in [2.75, 3.05) is 32.5 Å². The van der Waals surface area contributed by atoms with Crippen LogP contribution in [0.5, 0.6) is 5.75 Å². The number of rotatable bonds is 10. The third kappa shape index (κ3) is 6.55. The zero-order valence-corrected chi connectivity index (χ0v) is 23.2. The second kappa shape index (κ2) is 12.6. The number of benzene rings is 2. The van der Waals surface area contributed by atoms with Crippen LogP contribution in [0.1, 0.15) is 24.8 Å². The fourth-order valence-corrected chi connectivity index (χ4v) is 5.65. The SMILES string of the molecule is COc1ccc2ncc(F)c(CCCC3(C(=O)[O-])CCN(CCSc4cc(F)ccc4F)C3)c2c1.[Na+]. The standard InChI is InChI=1S/C26H27F3N2O3S.Na/c1-34-18-5-7-23-20(14-18)19(22(29)15-30-23)3-2-8-26(25(32)33)9-10-31(16-26)11-12-35-24-13-17(27)4-6-21(24)28;/h4-7,13-15H,2-3,8-12,16H2,1H3,(H,32,33);/q;+1/p-1. The van der Waals surface area contributed by atoms with Crippen molar-refractivity contribution in [3.05, 3.63) is 65.6 Å². The number of carboxylic acid groups (broad SMARTS) is 1. The monoisotopic (exact) mass is 526 g/mol. The molecule has 2 heterocycles. The quantitative estimate of drug-likeness (QED) is 0.293. The summed E-state index contributed by atoms with van der Waals surface area (Å²) in [5.74, 6) is -1.41. The summed E-state index contributed by atoms with van der Waals surface area (Å²) < 4.78 is 47.0. The number of carbonyl (C=O) groups is 1. The molecule has 1 aliphatic heterocycles. The molecule has 186 valence electrons. The molecule has 0 aliphatic carbocycles. The summed E-state index contributed by atoms with van der Waals surface area (Å²) >= 11 is 1.20. The summed E-state index contributed by atoms with van der Waals surface area (Å²) in [4.78, 5) is 18.5. The maximum atomic E-state index is 14.6. The number of pyridine rings is 1. The Hall–Kier alpha value is -1.78. The summed E-state index contributed by atoms with van der Waals surface area (Å²) in [5, 5.41) is 12.8. The predicted octanol–water partition coefficient (Wildman–Crippen LogP) is 1.22. The van der Waals surface area contributed by atoms with Crippen LogP contribution in [0, 0.1) is 22.9 Å². The number of carboxylic acids is 1. The molecule has 3 aromatic rings. The third-order valence-electron chi connectivity index (χ3n) is 6.64. The molecule has 0 amide bonds. The maximum absolute atomic E-state index is 14.6. The number of methoxy groups -OCH3 is 1. The number of fused-ring (bicyclic) bond motifs is 1. The van der Waals surface area contributed by atoms with Crippen LogP contribution in [0.25, 0.3) is 10.9 Å². The minimum absolute atomic E-state index is 0. The van der Waals surface area contributed by atoms with E-state index in [0.717, 1.165) is 18.2 Å². The molecule has 2 aromatic carbocycles. The fraction of sp³-hybridized carbons (Fsp3) is 0.385. The number of nitrogens with zero attached hydrogens (tertiary/aromatic N) is 2. The van der Waals surface area contributed by atoms with E-state index in [4.69, 9.17) is 4.74 Å². The van der Waals surface area contributed by atoms with Gasteiger partial charge in [-0.3, -0.25) is 4.98 Å². The molecule has 36 heavy (non-hydrogen) atoms. The Morgan fingerprint density at radius 2 is 2.00 bits per heavy atom. The van der Waals surface area contributed by atoms with Crippen LogP contribution in [0.3, 0.4) is 0 Å². The second-order valence-electron chi connectivity index (χ2n) is 8.84. The number of likely N-dealkylation sites (tertiary alicyclic amines) is 1. The van der Waals surface area contributed by atoms with Gasteiger partial charge in [0.2, 0.25) is 0 Å². The van der Waals surface area contributed by atoms with Crippen molar-refractivity contribution >= 4 is 28.6 Å². The molecule has 1 atom stereocenters. The van der Waals surface area contributed by atoms with E-state index < -0.39 is 28.8 Å². The molecule has 0 N–H and O–H groups in total. The van der Waals surface area contributed by atoms with Crippen molar-refractivity contribution < 1.29 is 57.4 Å². The van der Waals surface area contributed by atoms with E-state index >= 15 is 0 Å².